The lowest BCUT2D eigenvalue weighted by Crippen LogP contribution is -2.62. The van der Waals surface area contributed by atoms with Gasteiger partial charge in [0.05, 0.1) is 12.1 Å². The van der Waals surface area contributed by atoms with Gasteiger partial charge < -0.3 is 20.3 Å². The number of carbonyl (C=O) groups excluding carboxylic acids is 2. The molecule has 0 unspecified atom stereocenters. The number of benzene rings is 1. The van der Waals surface area contributed by atoms with Crippen LogP contribution in [-0.2, 0) is 20.9 Å². The molecule has 1 aromatic rings. The Hall–Kier alpha value is -1.63. The molecule has 0 radical (unpaired) electrons. The average molecular weight is 352 g/mol. The molecule has 2 heterocycles. The molecule has 0 aliphatic carbocycles. The predicted octanol–water partition coefficient (Wildman–Crippen LogP) is 1.02. The SMILES string of the molecule is NC1(C(=O)N2CCN(Cc3ccc(Cl)cc3)C(=O)C2)CCOCC1. The zero-order chi connectivity index (χ0) is 17.2. The smallest absolute Gasteiger partial charge is 0.243 e. The summed E-state index contributed by atoms with van der Waals surface area (Å²) in [5, 5.41) is 0.671. The van der Waals surface area contributed by atoms with Gasteiger partial charge in [-0.1, -0.05) is 23.7 Å². The van der Waals surface area contributed by atoms with Crippen LogP contribution in [0.4, 0.5) is 0 Å². The second-order valence-corrected chi connectivity index (χ2v) is 6.87. The third kappa shape index (κ3) is 3.71. The highest BCUT2D eigenvalue weighted by molar-refractivity contribution is 6.30. The van der Waals surface area contributed by atoms with Crippen LogP contribution in [-0.4, -0.2) is 60.0 Å². The molecule has 2 fully saturated rings. The van der Waals surface area contributed by atoms with Gasteiger partial charge in [0.2, 0.25) is 11.8 Å². The van der Waals surface area contributed by atoms with E-state index in [9.17, 15) is 9.59 Å². The highest BCUT2D eigenvalue weighted by Gasteiger charge is 2.41. The van der Waals surface area contributed by atoms with E-state index in [0.717, 1.165) is 5.56 Å². The molecular formula is C17H22ClN3O3. The number of amides is 2. The monoisotopic (exact) mass is 351 g/mol. The minimum atomic E-state index is -0.892. The van der Waals surface area contributed by atoms with Gasteiger partial charge in [-0.05, 0) is 30.5 Å². The van der Waals surface area contributed by atoms with E-state index < -0.39 is 5.54 Å². The normalized spacial score (nSPS) is 21.0. The van der Waals surface area contributed by atoms with Crippen molar-refractivity contribution in [1.29, 1.82) is 0 Å². The fourth-order valence-electron chi connectivity index (χ4n) is 3.12. The molecule has 24 heavy (non-hydrogen) atoms. The summed E-state index contributed by atoms with van der Waals surface area (Å²) in [6.45, 7) is 2.63. The Morgan fingerprint density at radius 1 is 1.21 bits per heavy atom. The van der Waals surface area contributed by atoms with Gasteiger partial charge in [-0.2, -0.15) is 0 Å². The lowest BCUT2D eigenvalue weighted by molar-refractivity contribution is -0.150. The second-order valence-electron chi connectivity index (χ2n) is 6.44. The fourth-order valence-corrected chi connectivity index (χ4v) is 3.25. The second kappa shape index (κ2) is 7.09. The molecule has 0 atom stereocenters. The molecule has 0 spiro atoms. The summed E-state index contributed by atoms with van der Waals surface area (Å²) in [6, 6.07) is 7.43. The average Bonchev–Trinajstić information content (AvgIpc) is 2.58. The number of ether oxygens (including phenoxy) is 1. The van der Waals surface area contributed by atoms with Gasteiger partial charge in [-0.3, -0.25) is 9.59 Å². The van der Waals surface area contributed by atoms with Crippen molar-refractivity contribution in [1.82, 2.24) is 9.80 Å². The Morgan fingerprint density at radius 3 is 2.50 bits per heavy atom. The maximum atomic E-state index is 12.7. The van der Waals surface area contributed by atoms with Crippen molar-refractivity contribution in [3.05, 3.63) is 34.9 Å². The minimum absolute atomic E-state index is 0.0554. The van der Waals surface area contributed by atoms with Crippen LogP contribution < -0.4 is 5.73 Å². The first-order valence-electron chi connectivity index (χ1n) is 8.16. The molecule has 1 aromatic carbocycles. The van der Waals surface area contributed by atoms with Crippen LogP contribution in [0, 0.1) is 0 Å². The molecule has 7 heteroatoms. The molecule has 0 saturated carbocycles. The van der Waals surface area contributed by atoms with Crippen LogP contribution in [0.15, 0.2) is 24.3 Å². The molecule has 2 aliphatic heterocycles. The van der Waals surface area contributed by atoms with Crippen LogP contribution in [0.3, 0.4) is 0 Å². The summed E-state index contributed by atoms with van der Waals surface area (Å²) in [6.07, 6.45) is 1.01. The number of hydrogen-bond donors (Lipinski definition) is 1. The minimum Gasteiger partial charge on any atom is -0.381 e. The van der Waals surface area contributed by atoms with E-state index in [1.54, 1.807) is 9.80 Å². The quantitative estimate of drug-likeness (QED) is 0.882. The van der Waals surface area contributed by atoms with Crippen LogP contribution in [0.25, 0.3) is 0 Å². The van der Waals surface area contributed by atoms with Gasteiger partial charge in [0.15, 0.2) is 0 Å². The molecule has 130 valence electrons. The van der Waals surface area contributed by atoms with E-state index >= 15 is 0 Å². The maximum absolute atomic E-state index is 12.7. The van der Waals surface area contributed by atoms with E-state index in [1.807, 2.05) is 24.3 Å². The number of nitrogens with zero attached hydrogens (tertiary/aromatic N) is 2. The van der Waals surface area contributed by atoms with E-state index in [1.165, 1.54) is 0 Å². The van der Waals surface area contributed by atoms with Gasteiger partial charge in [0.25, 0.3) is 0 Å². The molecule has 0 aromatic heterocycles. The van der Waals surface area contributed by atoms with Crippen molar-refractivity contribution in [3.63, 3.8) is 0 Å². The Morgan fingerprint density at radius 2 is 1.88 bits per heavy atom. The predicted molar refractivity (Wildman–Crippen MR) is 90.4 cm³/mol. The molecule has 2 amide bonds. The third-order valence-corrected chi connectivity index (χ3v) is 4.96. The van der Waals surface area contributed by atoms with Gasteiger partial charge in [-0.15, -0.1) is 0 Å². The molecule has 0 bridgehead atoms. The molecule has 3 rings (SSSR count). The van der Waals surface area contributed by atoms with Crippen molar-refractivity contribution in [2.45, 2.75) is 24.9 Å². The van der Waals surface area contributed by atoms with Crippen molar-refractivity contribution >= 4 is 23.4 Å². The number of hydrogen-bond acceptors (Lipinski definition) is 4. The summed E-state index contributed by atoms with van der Waals surface area (Å²) in [5.74, 6) is -0.189. The number of carbonyl (C=O) groups is 2. The Balaban J connectivity index is 1.59. The van der Waals surface area contributed by atoms with Crippen LogP contribution in [0.2, 0.25) is 5.02 Å². The van der Waals surface area contributed by atoms with E-state index in [0.29, 0.717) is 50.7 Å². The topological polar surface area (TPSA) is 75.9 Å². The van der Waals surface area contributed by atoms with Crippen molar-refractivity contribution in [2.75, 3.05) is 32.8 Å². The van der Waals surface area contributed by atoms with Crippen molar-refractivity contribution in [2.24, 2.45) is 5.73 Å². The third-order valence-electron chi connectivity index (χ3n) is 4.70. The van der Waals surface area contributed by atoms with E-state index in [-0.39, 0.29) is 18.4 Å². The maximum Gasteiger partial charge on any atom is 0.243 e. The number of piperazine rings is 1. The van der Waals surface area contributed by atoms with E-state index in [2.05, 4.69) is 0 Å². The highest BCUT2D eigenvalue weighted by atomic mass is 35.5. The van der Waals surface area contributed by atoms with Gasteiger partial charge >= 0.3 is 0 Å². The summed E-state index contributed by atoms with van der Waals surface area (Å²) in [7, 11) is 0. The zero-order valence-electron chi connectivity index (χ0n) is 13.5. The number of rotatable bonds is 3. The molecule has 2 saturated heterocycles. The lowest BCUT2D eigenvalue weighted by Gasteiger charge is -2.40. The molecule has 2 aliphatic rings. The standard InChI is InChI=1S/C17H22ClN3O3/c18-14-3-1-13(2-4-14)11-20-7-8-21(12-15(20)22)16(23)17(19)5-9-24-10-6-17/h1-4H,5-12,19H2. The summed E-state index contributed by atoms with van der Waals surface area (Å²) < 4.78 is 5.28. The Bertz CT molecular complexity index is 614. The van der Waals surface area contributed by atoms with Crippen LogP contribution in [0.5, 0.6) is 0 Å². The van der Waals surface area contributed by atoms with Gasteiger partial charge in [0.1, 0.15) is 0 Å². The first-order valence-corrected chi connectivity index (χ1v) is 8.54. The summed E-state index contributed by atoms with van der Waals surface area (Å²) in [4.78, 5) is 28.4. The Labute approximate surface area is 146 Å². The van der Waals surface area contributed by atoms with E-state index in [4.69, 9.17) is 22.1 Å². The molecular weight excluding hydrogens is 330 g/mol. The number of halogens is 1. The first kappa shape index (κ1) is 17.2. The van der Waals surface area contributed by atoms with Gasteiger partial charge in [0, 0.05) is 37.9 Å². The summed E-state index contributed by atoms with van der Waals surface area (Å²) >= 11 is 5.88. The van der Waals surface area contributed by atoms with Crippen molar-refractivity contribution in [3.8, 4) is 0 Å². The summed E-state index contributed by atoms with van der Waals surface area (Å²) in [5.41, 5.74) is 6.37. The number of nitrogens with two attached hydrogens (primary N) is 1. The largest absolute Gasteiger partial charge is 0.381 e. The fraction of sp³-hybridized carbons (Fsp3) is 0.529. The first-order chi connectivity index (χ1) is 11.5. The lowest BCUT2D eigenvalue weighted by atomic mass is 9.89. The highest BCUT2D eigenvalue weighted by Crippen LogP contribution is 2.22. The van der Waals surface area contributed by atoms with Crippen LogP contribution in [0.1, 0.15) is 18.4 Å². The van der Waals surface area contributed by atoms with Crippen LogP contribution >= 0.6 is 11.6 Å². The zero-order valence-corrected chi connectivity index (χ0v) is 14.3. The van der Waals surface area contributed by atoms with Gasteiger partial charge in [-0.25, -0.2) is 0 Å². The molecule has 2 N–H and O–H groups in total. The molecule has 6 nitrogen and oxygen atoms in total. The van der Waals surface area contributed by atoms with Crippen molar-refractivity contribution < 1.29 is 14.3 Å². The Kier molecular flexibility index (Phi) is 5.08.